The van der Waals surface area contributed by atoms with E-state index in [1.165, 1.54) is 5.56 Å². The number of nitriles is 1. The van der Waals surface area contributed by atoms with Gasteiger partial charge in [-0.1, -0.05) is 32.9 Å². The Kier molecular flexibility index (Phi) is 3.52. The summed E-state index contributed by atoms with van der Waals surface area (Å²) in [5, 5.41) is 21.4. The van der Waals surface area contributed by atoms with Gasteiger partial charge in [-0.3, -0.25) is 0 Å². The van der Waals surface area contributed by atoms with Crippen LogP contribution in [-0.4, -0.2) is 9.67 Å². The molecule has 0 radical (unpaired) electrons. The summed E-state index contributed by atoms with van der Waals surface area (Å²) in [6.45, 7) is 6.59. The molecule has 26 heavy (non-hydrogen) atoms. The first-order chi connectivity index (χ1) is 12.4. The molecule has 0 saturated carbocycles. The molecule has 0 unspecified atom stereocenters. The van der Waals surface area contributed by atoms with Crippen LogP contribution in [0.4, 0.5) is 0 Å². The zero-order chi connectivity index (χ0) is 18.5. The fraction of sp³-hybridized carbons (Fsp3) is 0.174. The summed E-state index contributed by atoms with van der Waals surface area (Å²) in [6.07, 6.45) is 0. The second-order valence-electron chi connectivity index (χ2n) is 7.68. The molecule has 0 amide bonds. The fourth-order valence-corrected chi connectivity index (χ4v) is 3.47. The number of aromatic nitrogens is 1. The molecule has 3 nitrogen and oxygen atoms in total. The largest absolute Gasteiger partial charge is 0.508 e. The normalized spacial score (nSPS) is 11.8. The SMILES string of the molecule is CC(C)(C)c1ccc2c(c1)c1cc(C#N)ccc1n2-c1cccc(O)c1. The van der Waals surface area contributed by atoms with Crippen LogP contribution in [0, 0.1) is 11.3 Å². The third kappa shape index (κ3) is 2.51. The summed E-state index contributed by atoms with van der Waals surface area (Å²) in [6, 6.07) is 21.8. The topological polar surface area (TPSA) is 49.0 Å². The molecule has 1 heterocycles. The Labute approximate surface area is 152 Å². The number of fused-ring (bicyclic) bond motifs is 3. The smallest absolute Gasteiger partial charge is 0.117 e. The van der Waals surface area contributed by atoms with Gasteiger partial charge in [0.2, 0.25) is 0 Å². The number of hydrogen-bond donors (Lipinski definition) is 1. The quantitative estimate of drug-likeness (QED) is 0.486. The molecule has 1 aromatic heterocycles. The van der Waals surface area contributed by atoms with E-state index in [1.807, 2.05) is 30.3 Å². The van der Waals surface area contributed by atoms with Crippen LogP contribution in [0.25, 0.3) is 27.5 Å². The van der Waals surface area contributed by atoms with Gasteiger partial charge in [0.25, 0.3) is 0 Å². The highest BCUT2D eigenvalue weighted by Crippen LogP contribution is 2.36. The highest BCUT2D eigenvalue weighted by atomic mass is 16.3. The predicted octanol–water partition coefficient (Wildman–Crippen LogP) is 5.66. The Balaban J connectivity index is 2.15. The molecular weight excluding hydrogens is 320 g/mol. The standard InChI is InChI=1S/C23H20N2O/c1-23(2,3)16-8-10-22-20(12-16)19-11-15(14-24)7-9-21(19)25(22)17-5-4-6-18(26)13-17/h4-13,26H,1-3H3. The van der Waals surface area contributed by atoms with Crippen LogP contribution in [0.3, 0.4) is 0 Å². The molecule has 4 rings (SSSR count). The van der Waals surface area contributed by atoms with Crippen LogP contribution in [0.15, 0.2) is 60.7 Å². The highest BCUT2D eigenvalue weighted by molar-refractivity contribution is 6.10. The number of phenols is 1. The van der Waals surface area contributed by atoms with Crippen molar-refractivity contribution in [1.82, 2.24) is 4.57 Å². The Morgan fingerprint density at radius 1 is 0.885 bits per heavy atom. The summed E-state index contributed by atoms with van der Waals surface area (Å²) in [7, 11) is 0. The first-order valence-corrected chi connectivity index (χ1v) is 8.67. The molecule has 0 saturated heterocycles. The van der Waals surface area contributed by atoms with Crippen molar-refractivity contribution >= 4 is 21.8 Å². The van der Waals surface area contributed by atoms with Crippen LogP contribution in [-0.2, 0) is 5.41 Å². The van der Waals surface area contributed by atoms with E-state index >= 15 is 0 Å². The van der Waals surface area contributed by atoms with E-state index in [1.54, 1.807) is 12.1 Å². The van der Waals surface area contributed by atoms with Crippen LogP contribution in [0.1, 0.15) is 31.9 Å². The van der Waals surface area contributed by atoms with Crippen molar-refractivity contribution in [2.24, 2.45) is 0 Å². The van der Waals surface area contributed by atoms with Crippen LogP contribution in [0.5, 0.6) is 5.75 Å². The number of rotatable bonds is 1. The zero-order valence-electron chi connectivity index (χ0n) is 15.1. The van der Waals surface area contributed by atoms with Crippen LogP contribution in [0.2, 0.25) is 0 Å². The Hall–Kier alpha value is -3.25. The molecule has 128 valence electrons. The molecule has 3 heteroatoms. The molecular formula is C23H20N2O. The van der Waals surface area contributed by atoms with Gasteiger partial charge in [-0.2, -0.15) is 5.26 Å². The van der Waals surface area contributed by atoms with Gasteiger partial charge in [-0.05, 0) is 53.4 Å². The molecule has 3 aromatic carbocycles. The number of benzene rings is 3. The van der Waals surface area contributed by atoms with Gasteiger partial charge in [0.05, 0.1) is 22.7 Å². The minimum atomic E-state index is 0.0421. The average Bonchev–Trinajstić information content (AvgIpc) is 2.93. The van der Waals surface area contributed by atoms with Gasteiger partial charge in [-0.25, -0.2) is 0 Å². The first-order valence-electron chi connectivity index (χ1n) is 8.67. The van der Waals surface area contributed by atoms with Crippen molar-refractivity contribution in [3.05, 3.63) is 71.8 Å². The van der Waals surface area contributed by atoms with E-state index < -0.39 is 0 Å². The van der Waals surface area contributed by atoms with Crippen molar-refractivity contribution in [3.8, 4) is 17.5 Å². The van der Waals surface area contributed by atoms with Gasteiger partial charge in [0.15, 0.2) is 0 Å². The molecule has 0 spiro atoms. The summed E-state index contributed by atoms with van der Waals surface area (Å²) in [4.78, 5) is 0. The number of nitrogens with zero attached hydrogens (tertiary/aromatic N) is 2. The van der Waals surface area contributed by atoms with Crippen molar-refractivity contribution in [2.75, 3.05) is 0 Å². The minimum Gasteiger partial charge on any atom is -0.508 e. The third-order valence-electron chi connectivity index (χ3n) is 4.85. The number of phenolic OH excluding ortho intramolecular Hbond substituents is 1. The Morgan fingerprint density at radius 3 is 2.23 bits per heavy atom. The lowest BCUT2D eigenvalue weighted by molar-refractivity contribution is 0.475. The van der Waals surface area contributed by atoms with Crippen molar-refractivity contribution in [2.45, 2.75) is 26.2 Å². The van der Waals surface area contributed by atoms with E-state index in [2.05, 4.69) is 49.6 Å². The molecule has 0 fully saturated rings. The maximum atomic E-state index is 9.93. The molecule has 0 aliphatic heterocycles. The Morgan fingerprint density at radius 2 is 1.58 bits per heavy atom. The molecule has 0 atom stereocenters. The monoisotopic (exact) mass is 340 g/mol. The average molecular weight is 340 g/mol. The second-order valence-corrected chi connectivity index (χ2v) is 7.68. The summed E-state index contributed by atoms with van der Waals surface area (Å²) in [5.41, 5.74) is 4.93. The fourth-order valence-electron chi connectivity index (χ4n) is 3.47. The third-order valence-corrected chi connectivity index (χ3v) is 4.85. The van der Waals surface area contributed by atoms with E-state index in [4.69, 9.17) is 0 Å². The van der Waals surface area contributed by atoms with E-state index in [0.29, 0.717) is 5.56 Å². The molecule has 1 N–H and O–H groups in total. The highest BCUT2D eigenvalue weighted by Gasteiger charge is 2.18. The van der Waals surface area contributed by atoms with Crippen LogP contribution >= 0.6 is 0 Å². The lowest BCUT2D eigenvalue weighted by Gasteiger charge is -2.19. The van der Waals surface area contributed by atoms with Crippen LogP contribution < -0.4 is 0 Å². The zero-order valence-corrected chi connectivity index (χ0v) is 15.1. The molecule has 0 aliphatic carbocycles. The molecule has 4 aromatic rings. The van der Waals surface area contributed by atoms with Gasteiger partial charge < -0.3 is 9.67 Å². The van der Waals surface area contributed by atoms with Crippen molar-refractivity contribution in [1.29, 1.82) is 5.26 Å². The first kappa shape index (κ1) is 16.2. The number of aromatic hydroxyl groups is 1. The lowest BCUT2D eigenvalue weighted by atomic mass is 9.86. The summed E-state index contributed by atoms with van der Waals surface area (Å²) < 4.78 is 2.14. The predicted molar refractivity (Wildman–Crippen MR) is 106 cm³/mol. The van der Waals surface area contributed by atoms with E-state index in [0.717, 1.165) is 27.5 Å². The minimum absolute atomic E-state index is 0.0421. The Bertz CT molecular complexity index is 1190. The van der Waals surface area contributed by atoms with Gasteiger partial charge in [0.1, 0.15) is 5.75 Å². The summed E-state index contributed by atoms with van der Waals surface area (Å²) in [5.74, 6) is 0.234. The summed E-state index contributed by atoms with van der Waals surface area (Å²) >= 11 is 0. The maximum Gasteiger partial charge on any atom is 0.117 e. The molecule has 0 bridgehead atoms. The molecule has 0 aliphatic rings. The van der Waals surface area contributed by atoms with Gasteiger partial charge in [-0.15, -0.1) is 0 Å². The van der Waals surface area contributed by atoms with Gasteiger partial charge in [0, 0.05) is 22.5 Å². The van der Waals surface area contributed by atoms with Gasteiger partial charge >= 0.3 is 0 Å². The van der Waals surface area contributed by atoms with E-state index in [-0.39, 0.29) is 11.2 Å². The van der Waals surface area contributed by atoms with Crippen molar-refractivity contribution < 1.29 is 5.11 Å². The van der Waals surface area contributed by atoms with E-state index in [9.17, 15) is 10.4 Å². The lowest BCUT2D eigenvalue weighted by Crippen LogP contribution is -2.10. The maximum absolute atomic E-state index is 9.93. The van der Waals surface area contributed by atoms with Crippen molar-refractivity contribution in [3.63, 3.8) is 0 Å². The number of hydrogen-bond acceptors (Lipinski definition) is 2. The second kappa shape index (κ2) is 5.64.